The maximum atomic E-state index is 12.6. The number of nitrogens with zero attached hydrogens (tertiary/aromatic N) is 1. The molecule has 0 saturated heterocycles. The fourth-order valence-corrected chi connectivity index (χ4v) is 3.37. The van der Waals surface area contributed by atoms with Crippen LogP contribution in [0.4, 0.5) is 0 Å². The van der Waals surface area contributed by atoms with E-state index in [4.69, 9.17) is 4.74 Å². The van der Waals surface area contributed by atoms with Crippen LogP contribution in [0.1, 0.15) is 32.8 Å². The highest BCUT2D eigenvalue weighted by molar-refractivity contribution is 7.89. The van der Waals surface area contributed by atoms with E-state index < -0.39 is 15.6 Å². The Kier molecular flexibility index (Phi) is 5.18. The Hall–Kier alpha value is -1.11. The Morgan fingerprint density at radius 1 is 1.35 bits per heavy atom. The zero-order chi connectivity index (χ0) is 15.6. The predicted octanol–water partition coefficient (Wildman–Crippen LogP) is 2.00. The second kappa shape index (κ2) is 6.11. The molecule has 1 aromatic rings. The molecule has 0 aliphatic rings. The predicted molar refractivity (Wildman–Crippen MR) is 78.2 cm³/mol. The molecule has 5 nitrogen and oxygen atoms in total. The van der Waals surface area contributed by atoms with Crippen LogP contribution in [0.15, 0.2) is 23.1 Å². The van der Waals surface area contributed by atoms with E-state index in [0.717, 1.165) is 0 Å². The SMILES string of the molecule is CCC(C)(C)N(C)S(=O)(=O)c1ccc(OC)c(CO)c1. The van der Waals surface area contributed by atoms with Gasteiger partial charge in [0, 0.05) is 18.2 Å². The molecule has 0 aliphatic heterocycles. The van der Waals surface area contributed by atoms with Gasteiger partial charge < -0.3 is 9.84 Å². The summed E-state index contributed by atoms with van der Waals surface area (Å²) in [7, 11) is -0.547. The van der Waals surface area contributed by atoms with Crippen molar-refractivity contribution in [1.29, 1.82) is 0 Å². The summed E-state index contributed by atoms with van der Waals surface area (Å²) in [6.45, 7) is 5.43. The van der Waals surface area contributed by atoms with Crippen molar-refractivity contribution in [3.8, 4) is 5.75 Å². The Morgan fingerprint density at radius 3 is 2.40 bits per heavy atom. The molecule has 114 valence electrons. The fourth-order valence-electron chi connectivity index (χ4n) is 1.75. The van der Waals surface area contributed by atoms with Gasteiger partial charge in [-0.3, -0.25) is 0 Å². The number of methoxy groups -OCH3 is 1. The molecule has 0 bridgehead atoms. The molecular formula is C14H23NO4S. The summed E-state index contributed by atoms with van der Waals surface area (Å²) < 4.78 is 31.7. The van der Waals surface area contributed by atoms with Crippen LogP contribution in [0.25, 0.3) is 0 Å². The zero-order valence-electron chi connectivity index (χ0n) is 12.7. The summed E-state index contributed by atoms with van der Waals surface area (Å²) in [4.78, 5) is 0.159. The van der Waals surface area contributed by atoms with Crippen LogP contribution in [0, 0.1) is 0 Å². The molecule has 0 fully saturated rings. The van der Waals surface area contributed by atoms with Crippen LogP contribution in [-0.2, 0) is 16.6 Å². The molecule has 0 spiro atoms. The highest BCUT2D eigenvalue weighted by Crippen LogP contribution is 2.28. The van der Waals surface area contributed by atoms with Gasteiger partial charge in [0.1, 0.15) is 5.75 Å². The number of ether oxygens (including phenoxy) is 1. The Labute approximate surface area is 121 Å². The fraction of sp³-hybridized carbons (Fsp3) is 0.571. The van der Waals surface area contributed by atoms with Crippen LogP contribution in [0.5, 0.6) is 5.75 Å². The molecule has 1 rings (SSSR count). The van der Waals surface area contributed by atoms with E-state index in [-0.39, 0.29) is 11.5 Å². The standard InChI is InChI=1S/C14H23NO4S/c1-6-14(2,3)15(4)20(17,18)12-7-8-13(19-5)11(9-12)10-16/h7-9,16H,6,10H2,1-5H3. The van der Waals surface area contributed by atoms with E-state index in [1.165, 1.54) is 23.5 Å². The monoisotopic (exact) mass is 301 g/mol. The van der Waals surface area contributed by atoms with Crippen LogP contribution in [0.3, 0.4) is 0 Å². The summed E-state index contributed by atoms with van der Waals surface area (Å²) >= 11 is 0. The average Bonchev–Trinajstić information content (AvgIpc) is 2.45. The molecule has 0 aliphatic carbocycles. The molecule has 1 N–H and O–H groups in total. The van der Waals surface area contributed by atoms with Crippen LogP contribution >= 0.6 is 0 Å². The number of aliphatic hydroxyl groups is 1. The topological polar surface area (TPSA) is 66.8 Å². The molecule has 6 heteroatoms. The average molecular weight is 301 g/mol. The molecule has 0 atom stereocenters. The van der Waals surface area contributed by atoms with E-state index in [2.05, 4.69) is 0 Å². The molecular weight excluding hydrogens is 278 g/mol. The van der Waals surface area contributed by atoms with Crippen LogP contribution < -0.4 is 4.74 Å². The third-order valence-electron chi connectivity index (χ3n) is 3.80. The van der Waals surface area contributed by atoms with Crippen molar-refractivity contribution in [2.45, 2.75) is 44.2 Å². The van der Waals surface area contributed by atoms with Crippen LogP contribution in [0.2, 0.25) is 0 Å². The number of sulfonamides is 1. The van der Waals surface area contributed by atoms with Gasteiger partial charge in [0.25, 0.3) is 0 Å². The number of aliphatic hydroxyl groups excluding tert-OH is 1. The number of hydrogen-bond donors (Lipinski definition) is 1. The number of benzene rings is 1. The second-order valence-corrected chi connectivity index (χ2v) is 7.24. The first-order valence-electron chi connectivity index (χ1n) is 6.47. The summed E-state index contributed by atoms with van der Waals surface area (Å²) in [6.07, 6.45) is 0.700. The third kappa shape index (κ3) is 3.13. The molecule has 0 unspecified atom stereocenters. The van der Waals surface area contributed by atoms with E-state index in [1.807, 2.05) is 20.8 Å². The quantitative estimate of drug-likeness (QED) is 0.872. The van der Waals surface area contributed by atoms with Gasteiger partial charge in [-0.25, -0.2) is 8.42 Å². The lowest BCUT2D eigenvalue weighted by atomic mass is 10.0. The molecule has 0 aromatic heterocycles. The van der Waals surface area contributed by atoms with Gasteiger partial charge >= 0.3 is 0 Å². The van der Waals surface area contributed by atoms with Gasteiger partial charge in [0.2, 0.25) is 10.0 Å². The van der Waals surface area contributed by atoms with Gasteiger partial charge in [-0.2, -0.15) is 4.31 Å². The summed E-state index contributed by atoms with van der Waals surface area (Å²) in [5, 5.41) is 9.30. The lowest BCUT2D eigenvalue weighted by Gasteiger charge is -2.33. The van der Waals surface area contributed by atoms with Crippen molar-refractivity contribution in [3.63, 3.8) is 0 Å². The highest BCUT2D eigenvalue weighted by Gasteiger charge is 2.32. The normalized spacial score (nSPS) is 12.8. The van der Waals surface area contributed by atoms with E-state index in [1.54, 1.807) is 13.1 Å². The minimum absolute atomic E-state index is 0.159. The zero-order valence-corrected chi connectivity index (χ0v) is 13.5. The molecule has 0 radical (unpaired) electrons. The van der Waals surface area contributed by atoms with Crippen LogP contribution in [-0.4, -0.2) is 37.5 Å². The van der Waals surface area contributed by atoms with E-state index in [9.17, 15) is 13.5 Å². The molecule has 0 heterocycles. The minimum Gasteiger partial charge on any atom is -0.496 e. The Morgan fingerprint density at radius 2 is 1.95 bits per heavy atom. The van der Waals surface area contributed by atoms with Crippen molar-refractivity contribution < 1.29 is 18.3 Å². The van der Waals surface area contributed by atoms with Crippen molar-refractivity contribution in [3.05, 3.63) is 23.8 Å². The molecule has 0 amide bonds. The summed E-state index contributed by atoms with van der Waals surface area (Å²) in [6, 6.07) is 4.51. The maximum absolute atomic E-state index is 12.6. The van der Waals surface area contributed by atoms with Crippen molar-refractivity contribution in [2.75, 3.05) is 14.2 Å². The Bertz CT molecular complexity index is 567. The first kappa shape index (κ1) is 16.9. The Balaban J connectivity index is 3.29. The molecule has 20 heavy (non-hydrogen) atoms. The highest BCUT2D eigenvalue weighted by atomic mass is 32.2. The minimum atomic E-state index is -3.60. The third-order valence-corrected chi connectivity index (χ3v) is 5.86. The van der Waals surface area contributed by atoms with Gasteiger partial charge in [-0.1, -0.05) is 6.92 Å². The first-order valence-corrected chi connectivity index (χ1v) is 7.91. The first-order chi connectivity index (χ1) is 9.20. The van der Waals surface area contributed by atoms with Gasteiger partial charge in [-0.15, -0.1) is 0 Å². The number of rotatable bonds is 6. The van der Waals surface area contributed by atoms with Crippen molar-refractivity contribution >= 4 is 10.0 Å². The maximum Gasteiger partial charge on any atom is 0.243 e. The summed E-state index contributed by atoms with van der Waals surface area (Å²) in [5.74, 6) is 0.476. The summed E-state index contributed by atoms with van der Waals surface area (Å²) in [5.41, 5.74) is -0.0192. The number of hydrogen-bond acceptors (Lipinski definition) is 4. The van der Waals surface area contributed by atoms with Gasteiger partial charge in [0.05, 0.1) is 18.6 Å². The smallest absolute Gasteiger partial charge is 0.243 e. The van der Waals surface area contributed by atoms with Crippen molar-refractivity contribution in [1.82, 2.24) is 4.31 Å². The molecule has 0 saturated carbocycles. The lowest BCUT2D eigenvalue weighted by Crippen LogP contribution is -2.44. The van der Waals surface area contributed by atoms with Gasteiger partial charge in [-0.05, 0) is 38.5 Å². The second-order valence-electron chi connectivity index (χ2n) is 5.27. The van der Waals surface area contributed by atoms with Crippen molar-refractivity contribution in [2.24, 2.45) is 0 Å². The largest absolute Gasteiger partial charge is 0.496 e. The van der Waals surface area contributed by atoms with E-state index >= 15 is 0 Å². The van der Waals surface area contributed by atoms with Gasteiger partial charge in [0.15, 0.2) is 0 Å². The lowest BCUT2D eigenvalue weighted by molar-refractivity contribution is 0.257. The molecule has 1 aromatic carbocycles. The van der Waals surface area contributed by atoms with E-state index in [0.29, 0.717) is 17.7 Å².